The van der Waals surface area contributed by atoms with Gasteiger partial charge in [0, 0.05) is 35.0 Å². The van der Waals surface area contributed by atoms with E-state index in [1.54, 1.807) is 0 Å². The van der Waals surface area contributed by atoms with Gasteiger partial charge in [0.2, 0.25) is 0 Å². The molecule has 0 saturated heterocycles. The van der Waals surface area contributed by atoms with Crippen LogP contribution in [0.4, 0.5) is 5.69 Å². The van der Waals surface area contributed by atoms with Crippen LogP contribution in [0.15, 0.2) is 76.5 Å². The number of benzene rings is 3. The number of anilines is 1. The van der Waals surface area contributed by atoms with Gasteiger partial charge in [-0.05, 0) is 58.4 Å². The number of rotatable bonds is 1. The molecule has 5 rings (SSSR count). The first-order valence-electron chi connectivity index (χ1n) is 9.63. The van der Waals surface area contributed by atoms with Crippen LogP contribution in [-0.4, -0.2) is 14.1 Å². The lowest BCUT2D eigenvalue weighted by Gasteiger charge is -2.40. The second kappa shape index (κ2) is 5.65. The first-order valence-corrected chi connectivity index (χ1v) is 10.4. The normalized spacial score (nSPS) is 21.5. The fourth-order valence-corrected chi connectivity index (χ4v) is 6.38. The third kappa shape index (κ3) is 2.26. The van der Waals surface area contributed by atoms with Crippen molar-refractivity contribution in [1.29, 1.82) is 0 Å². The van der Waals surface area contributed by atoms with Gasteiger partial charge in [-0.3, -0.25) is 0 Å². The fraction of sp³-hybridized carbons (Fsp3) is 0.280. The van der Waals surface area contributed by atoms with E-state index in [0.717, 1.165) is 6.42 Å². The van der Waals surface area contributed by atoms with Crippen molar-refractivity contribution >= 4 is 17.4 Å². The zero-order valence-electron chi connectivity index (χ0n) is 16.4. The van der Waals surface area contributed by atoms with Gasteiger partial charge in [0.05, 0.1) is 0 Å². The highest BCUT2D eigenvalue weighted by molar-refractivity contribution is 7.99. The first-order chi connectivity index (χ1) is 12.9. The molecule has 3 aromatic carbocycles. The highest BCUT2D eigenvalue weighted by Crippen LogP contribution is 2.62. The Bertz CT molecular complexity index is 1050. The zero-order valence-corrected chi connectivity index (χ0v) is 17.2. The quantitative estimate of drug-likeness (QED) is 0.498. The van der Waals surface area contributed by atoms with Crippen molar-refractivity contribution in [3.8, 4) is 0 Å². The minimum atomic E-state index is -0.0662. The lowest BCUT2D eigenvalue weighted by molar-refractivity contribution is 0.435. The Morgan fingerprint density at radius 2 is 1.37 bits per heavy atom. The average molecular weight is 372 g/mol. The Hall–Kier alpha value is -2.19. The maximum atomic E-state index is 2.43. The number of fused-ring (bicyclic) bond motifs is 6. The summed E-state index contributed by atoms with van der Waals surface area (Å²) in [5.74, 6) is 0. The summed E-state index contributed by atoms with van der Waals surface area (Å²) in [6.45, 7) is 4.81. The van der Waals surface area contributed by atoms with Crippen molar-refractivity contribution in [3.05, 3.63) is 89.0 Å². The Balaban J connectivity index is 1.90. The van der Waals surface area contributed by atoms with Crippen LogP contribution in [0.25, 0.3) is 0 Å². The van der Waals surface area contributed by atoms with Crippen LogP contribution in [0.3, 0.4) is 0 Å². The molecule has 1 nitrogen and oxygen atoms in total. The molecule has 2 heteroatoms. The van der Waals surface area contributed by atoms with Gasteiger partial charge in [-0.25, -0.2) is 0 Å². The highest BCUT2D eigenvalue weighted by Gasteiger charge is 2.52. The van der Waals surface area contributed by atoms with E-state index in [4.69, 9.17) is 0 Å². The Kier molecular flexibility index (Phi) is 3.55. The van der Waals surface area contributed by atoms with Gasteiger partial charge in [0.1, 0.15) is 0 Å². The Labute approximate surface area is 166 Å². The molecule has 0 saturated carbocycles. The van der Waals surface area contributed by atoms with Crippen molar-refractivity contribution in [3.63, 3.8) is 0 Å². The predicted molar refractivity (Wildman–Crippen MR) is 115 cm³/mol. The molecule has 136 valence electrons. The van der Waals surface area contributed by atoms with Gasteiger partial charge in [0.15, 0.2) is 0 Å². The number of nitrogens with zero attached hydrogens (tertiary/aromatic N) is 1. The minimum Gasteiger partial charge on any atom is -0.378 e. The third-order valence-electron chi connectivity index (χ3n) is 6.33. The highest BCUT2D eigenvalue weighted by atomic mass is 32.2. The zero-order chi connectivity index (χ0) is 18.8. The summed E-state index contributed by atoms with van der Waals surface area (Å²) in [6.07, 6.45) is 1.11. The molecule has 0 amide bonds. The van der Waals surface area contributed by atoms with E-state index < -0.39 is 0 Å². The summed E-state index contributed by atoms with van der Waals surface area (Å²) in [4.78, 5) is 5.01. The van der Waals surface area contributed by atoms with Crippen LogP contribution < -0.4 is 4.90 Å². The van der Waals surface area contributed by atoms with Crippen molar-refractivity contribution in [2.24, 2.45) is 0 Å². The third-order valence-corrected chi connectivity index (χ3v) is 7.48. The molecule has 27 heavy (non-hydrogen) atoms. The molecule has 1 aliphatic carbocycles. The number of hydrogen-bond acceptors (Lipinski definition) is 2. The first kappa shape index (κ1) is 16.9. The summed E-state index contributed by atoms with van der Waals surface area (Å²) >= 11 is 1.92. The Morgan fingerprint density at radius 1 is 0.741 bits per heavy atom. The topological polar surface area (TPSA) is 3.24 Å². The van der Waals surface area contributed by atoms with E-state index in [2.05, 4.69) is 99.6 Å². The maximum absolute atomic E-state index is 2.43. The summed E-state index contributed by atoms with van der Waals surface area (Å²) < 4.78 is 0. The fourth-order valence-electron chi connectivity index (χ4n) is 5.17. The van der Waals surface area contributed by atoms with Gasteiger partial charge in [-0.2, -0.15) is 0 Å². The van der Waals surface area contributed by atoms with Crippen molar-refractivity contribution in [2.75, 3.05) is 19.0 Å². The van der Waals surface area contributed by atoms with Crippen LogP contribution >= 0.6 is 11.8 Å². The maximum Gasteiger partial charge on any atom is 0.0485 e. The van der Waals surface area contributed by atoms with E-state index in [0.29, 0.717) is 0 Å². The summed E-state index contributed by atoms with van der Waals surface area (Å²) in [7, 11) is 4.26. The van der Waals surface area contributed by atoms with E-state index in [-0.39, 0.29) is 10.8 Å². The largest absolute Gasteiger partial charge is 0.378 e. The number of hydrogen-bond donors (Lipinski definition) is 0. The van der Waals surface area contributed by atoms with Crippen molar-refractivity contribution in [1.82, 2.24) is 0 Å². The second-order valence-corrected chi connectivity index (χ2v) is 9.77. The standard InChI is InChI=1S/C25H25NS/c1-24(2)16-25(19-10-6-5-9-18(19)24)20-11-7-8-12-22(20)27-23-14-13-17(26(3)4)15-21(23)25/h5-15H,16H2,1-4H3. The monoisotopic (exact) mass is 371 g/mol. The van der Waals surface area contributed by atoms with Gasteiger partial charge in [-0.15, -0.1) is 0 Å². The average Bonchev–Trinajstić information content (AvgIpc) is 2.90. The molecular weight excluding hydrogens is 346 g/mol. The van der Waals surface area contributed by atoms with E-state index in [1.165, 1.54) is 37.7 Å². The van der Waals surface area contributed by atoms with E-state index in [1.807, 2.05) is 11.8 Å². The molecule has 2 aliphatic rings. The molecule has 0 radical (unpaired) electrons. The molecule has 1 heterocycles. The molecule has 1 unspecified atom stereocenters. The summed E-state index contributed by atoms with van der Waals surface area (Å²) in [6, 6.07) is 25.1. The summed E-state index contributed by atoms with van der Waals surface area (Å²) in [5, 5.41) is 0. The molecule has 3 aromatic rings. The molecule has 0 fully saturated rings. The van der Waals surface area contributed by atoms with Gasteiger partial charge >= 0.3 is 0 Å². The molecule has 0 aromatic heterocycles. The van der Waals surface area contributed by atoms with Crippen LogP contribution in [0.5, 0.6) is 0 Å². The van der Waals surface area contributed by atoms with E-state index >= 15 is 0 Å². The molecular formula is C25H25NS. The molecule has 1 atom stereocenters. The van der Waals surface area contributed by atoms with Crippen molar-refractivity contribution < 1.29 is 0 Å². The molecule has 1 aliphatic heterocycles. The predicted octanol–water partition coefficient (Wildman–Crippen LogP) is 6.23. The van der Waals surface area contributed by atoms with E-state index in [9.17, 15) is 0 Å². The molecule has 0 N–H and O–H groups in total. The van der Waals surface area contributed by atoms with Crippen LogP contribution in [0.2, 0.25) is 0 Å². The second-order valence-electron chi connectivity index (χ2n) is 8.68. The Morgan fingerprint density at radius 3 is 2.11 bits per heavy atom. The van der Waals surface area contributed by atoms with Crippen LogP contribution in [-0.2, 0) is 10.8 Å². The smallest absolute Gasteiger partial charge is 0.0485 e. The molecule has 1 spiro atoms. The van der Waals surface area contributed by atoms with Crippen molar-refractivity contribution in [2.45, 2.75) is 40.9 Å². The van der Waals surface area contributed by atoms with Gasteiger partial charge in [-0.1, -0.05) is 68.1 Å². The lowest BCUT2D eigenvalue weighted by Crippen LogP contribution is -2.32. The minimum absolute atomic E-state index is 0.0662. The van der Waals surface area contributed by atoms with Gasteiger partial charge < -0.3 is 4.90 Å². The SMILES string of the molecule is CN(C)c1ccc2c(c1)C1(CC(C)(C)c3ccccc31)c1ccccc1S2. The van der Waals surface area contributed by atoms with Crippen LogP contribution in [0.1, 0.15) is 42.5 Å². The van der Waals surface area contributed by atoms with Crippen LogP contribution in [0, 0.1) is 0 Å². The molecule has 0 bridgehead atoms. The summed E-state index contributed by atoms with van der Waals surface area (Å²) in [5.41, 5.74) is 7.27. The van der Waals surface area contributed by atoms with Gasteiger partial charge in [0.25, 0.3) is 0 Å². The lowest BCUT2D eigenvalue weighted by atomic mass is 9.68.